The summed E-state index contributed by atoms with van der Waals surface area (Å²) in [5, 5.41) is 13.6. The molecule has 1 aromatic heterocycles. The predicted octanol–water partition coefficient (Wildman–Crippen LogP) is 1.55. The van der Waals surface area contributed by atoms with Crippen molar-refractivity contribution in [3.8, 4) is 0 Å². The quantitative estimate of drug-likeness (QED) is 0.912. The van der Waals surface area contributed by atoms with E-state index in [2.05, 4.69) is 5.32 Å². The first-order valence-electron chi connectivity index (χ1n) is 4.93. The van der Waals surface area contributed by atoms with Crippen molar-refractivity contribution in [1.29, 1.82) is 0 Å². The molecule has 18 heavy (non-hydrogen) atoms. The third kappa shape index (κ3) is 2.52. The van der Waals surface area contributed by atoms with Gasteiger partial charge < -0.3 is 19.6 Å². The van der Waals surface area contributed by atoms with Gasteiger partial charge in [0.1, 0.15) is 0 Å². The van der Waals surface area contributed by atoms with Crippen molar-refractivity contribution < 1.29 is 19.1 Å². The van der Waals surface area contributed by atoms with Crippen LogP contribution in [0.5, 0.6) is 0 Å². The fraction of sp³-hybridized carbons (Fsp3) is 0. The highest BCUT2D eigenvalue weighted by atomic mass is 35.5. The number of carboxylic acid groups (broad SMARTS) is 1. The topological polar surface area (TPSA) is 82.4 Å². The van der Waals surface area contributed by atoms with Gasteiger partial charge in [-0.2, -0.15) is 0 Å². The van der Waals surface area contributed by atoms with Gasteiger partial charge in [0.15, 0.2) is 5.76 Å². The van der Waals surface area contributed by atoms with Crippen LogP contribution in [0.2, 0.25) is 5.02 Å². The standard InChI is InChI=1S/C12H8ClNO4/c13-7-3-4-8(12(16)17)9(6-7)14-11(15)10-2-1-5-18-10/h1-6H,(H,14,15)(H,16,17)/p-1. The average Bonchev–Trinajstić information content (AvgIpc) is 2.81. The van der Waals surface area contributed by atoms with Crippen molar-refractivity contribution in [2.24, 2.45) is 0 Å². The SMILES string of the molecule is O=C(Nc1cc(Cl)ccc1C(=O)[O-])c1ccco1. The minimum absolute atomic E-state index is 0.0592. The number of rotatable bonds is 3. The fourth-order valence-corrected chi connectivity index (χ4v) is 1.56. The zero-order valence-electron chi connectivity index (χ0n) is 8.98. The van der Waals surface area contributed by atoms with Crippen LogP contribution in [0.1, 0.15) is 20.9 Å². The first kappa shape index (κ1) is 12.2. The van der Waals surface area contributed by atoms with E-state index in [9.17, 15) is 14.7 Å². The summed E-state index contributed by atoms with van der Waals surface area (Å²) in [6.07, 6.45) is 1.34. The molecule has 0 aliphatic carbocycles. The van der Waals surface area contributed by atoms with Crippen LogP contribution in [0.15, 0.2) is 41.0 Å². The van der Waals surface area contributed by atoms with Gasteiger partial charge in [0.2, 0.25) is 0 Å². The minimum atomic E-state index is -1.40. The van der Waals surface area contributed by atoms with Crippen molar-refractivity contribution in [3.63, 3.8) is 0 Å². The first-order chi connectivity index (χ1) is 8.58. The molecule has 0 bridgehead atoms. The Morgan fingerprint density at radius 2 is 2.06 bits per heavy atom. The van der Waals surface area contributed by atoms with Crippen molar-refractivity contribution >= 4 is 29.2 Å². The molecule has 0 spiro atoms. The highest BCUT2D eigenvalue weighted by Gasteiger charge is 2.12. The van der Waals surface area contributed by atoms with E-state index in [0.29, 0.717) is 5.02 Å². The van der Waals surface area contributed by atoms with Crippen molar-refractivity contribution in [3.05, 3.63) is 52.9 Å². The van der Waals surface area contributed by atoms with Crippen LogP contribution in [0.25, 0.3) is 0 Å². The molecule has 2 aromatic rings. The molecule has 1 aromatic carbocycles. The Kier molecular flexibility index (Phi) is 3.34. The molecule has 1 N–H and O–H groups in total. The molecule has 1 heterocycles. The number of benzene rings is 1. The highest BCUT2D eigenvalue weighted by Crippen LogP contribution is 2.21. The maximum Gasteiger partial charge on any atom is 0.291 e. The van der Waals surface area contributed by atoms with Gasteiger partial charge in [0.25, 0.3) is 5.91 Å². The lowest BCUT2D eigenvalue weighted by Gasteiger charge is -2.11. The molecule has 0 radical (unpaired) electrons. The summed E-state index contributed by atoms with van der Waals surface area (Å²) in [6, 6.07) is 6.99. The van der Waals surface area contributed by atoms with Gasteiger partial charge in [-0.05, 0) is 30.3 Å². The molecular weight excluding hydrogens is 258 g/mol. The molecular formula is C12H7ClNO4-. The lowest BCUT2D eigenvalue weighted by molar-refractivity contribution is -0.254. The second kappa shape index (κ2) is 4.93. The number of halogens is 1. The average molecular weight is 265 g/mol. The van der Waals surface area contributed by atoms with E-state index < -0.39 is 11.9 Å². The number of carbonyl (C=O) groups is 2. The Hall–Kier alpha value is -2.27. The van der Waals surface area contributed by atoms with Gasteiger partial charge in [0, 0.05) is 10.6 Å². The summed E-state index contributed by atoms with van der Waals surface area (Å²) in [5.74, 6) is -1.90. The lowest BCUT2D eigenvalue weighted by Crippen LogP contribution is -2.24. The van der Waals surface area contributed by atoms with E-state index in [0.717, 1.165) is 0 Å². The maximum absolute atomic E-state index is 11.7. The Balaban J connectivity index is 2.31. The van der Waals surface area contributed by atoms with Gasteiger partial charge in [-0.1, -0.05) is 11.6 Å². The van der Waals surface area contributed by atoms with Crippen molar-refractivity contribution in [2.45, 2.75) is 0 Å². The molecule has 0 saturated heterocycles. The van der Waals surface area contributed by atoms with Gasteiger partial charge in [0.05, 0.1) is 17.9 Å². The first-order valence-corrected chi connectivity index (χ1v) is 5.31. The van der Waals surface area contributed by atoms with Gasteiger partial charge in [-0.3, -0.25) is 4.79 Å². The van der Waals surface area contributed by atoms with Crippen LogP contribution in [-0.2, 0) is 0 Å². The number of carbonyl (C=O) groups excluding carboxylic acids is 2. The molecule has 0 atom stereocenters. The number of hydrogen-bond acceptors (Lipinski definition) is 4. The van der Waals surface area contributed by atoms with Crippen LogP contribution < -0.4 is 10.4 Å². The number of furan rings is 1. The Morgan fingerprint density at radius 3 is 2.67 bits per heavy atom. The molecule has 2 rings (SSSR count). The zero-order chi connectivity index (χ0) is 13.1. The van der Waals surface area contributed by atoms with Crippen molar-refractivity contribution in [2.75, 3.05) is 5.32 Å². The minimum Gasteiger partial charge on any atom is -0.545 e. The molecule has 1 amide bonds. The third-order valence-corrected chi connectivity index (χ3v) is 2.43. The van der Waals surface area contributed by atoms with Gasteiger partial charge in [-0.15, -0.1) is 0 Å². The van der Waals surface area contributed by atoms with Crippen LogP contribution in [0.4, 0.5) is 5.69 Å². The normalized spacial score (nSPS) is 10.1. The zero-order valence-corrected chi connectivity index (χ0v) is 9.73. The third-order valence-electron chi connectivity index (χ3n) is 2.19. The fourth-order valence-electron chi connectivity index (χ4n) is 1.39. The summed E-state index contributed by atoms with van der Waals surface area (Å²) in [5.41, 5.74) is -0.0943. The summed E-state index contributed by atoms with van der Waals surface area (Å²) >= 11 is 5.74. The van der Waals surface area contributed by atoms with Crippen LogP contribution >= 0.6 is 11.6 Å². The smallest absolute Gasteiger partial charge is 0.291 e. The van der Waals surface area contributed by atoms with E-state index in [1.165, 1.54) is 30.5 Å². The number of anilines is 1. The summed E-state index contributed by atoms with van der Waals surface area (Å²) in [4.78, 5) is 22.6. The molecule has 5 nitrogen and oxygen atoms in total. The summed E-state index contributed by atoms with van der Waals surface area (Å²) in [6.45, 7) is 0. The van der Waals surface area contributed by atoms with E-state index >= 15 is 0 Å². The van der Waals surface area contributed by atoms with Crippen LogP contribution in [0, 0.1) is 0 Å². The second-order valence-corrected chi connectivity index (χ2v) is 3.85. The lowest BCUT2D eigenvalue weighted by atomic mass is 10.1. The molecule has 6 heteroatoms. The summed E-state index contributed by atoms with van der Waals surface area (Å²) < 4.78 is 4.89. The predicted molar refractivity (Wildman–Crippen MR) is 62.4 cm³/mol. The van der Waals surface area contributed by atoms with E-state index in [4.69, 9.17) is 16.0 Å². The van der Waals surface area contributed by atoms with E-state index in [1.54, 1.807) is 6.07 Å². The Bertz CT molecular complexity index is 592. The molecule has 0 fully saturated rings. The number of aromatic carboxylic acids is 1. The Labute approximate surface area is 107 Å². The van der Waals surface area contributed by atoms with E-state index in [1.807, 2.05) is 0 Å². The number of amides is 1. The maximum atomic E-state index is 11.7. The number of nitrogens with one attached hydrogen (secondary N) is 1. The molecule has 0 aliphatic heterocycles. The second-order valence-electron chi connectivity index (χ2n) is 3.41. The monoisotopic (exact) mass is 264 g/mol. The number of carboxylic acids is 1. The molecule has 92 valence electrons. The largest absolute Gasteiger partial charge is 0.545 e. The van der Waals surface area contributed by atoms with Crippen molar-refractivity contribution in [1.82, 2.24) is 0 Å². The summed E-state index contributed by atoms with van der Waals surface area (Å²) in [7, 11) is 0. The highest BCUT2D eigenvalue weighted by molar-refractivity contribution is 6.31. The van der Waals surface area contributed by atoms with Crippen LogP contribution in [0.3, 0.4) is 0 Å². The number of hydrogen-bond donors (Lipinski definition) is 1. The molecule has 0 aliphatic rings. The van der Waals surface area contributed by atoms with Gasteiger partial charge >= 0.3 is 0 Å². The molecule has 0 saturated carbocycles. The van der Waals surface area contributed by atoms with E-state index in [-0.39, 0.29) is 17.0 Å². The molecule has 0 unspecified atom stereocenters. The van der Waals surface area contributed by atoms with Crippen LogP contribution in [-0.4, -0.2) is 11.9 Å². The Morgan fingerprint density at radius 1 is 1.28 bits per heavy atom. The van der Waals surface area contributed by atoms with Gasteiger partial charge in [-0.25, -0.2) is 0 Å².